The van der Waals surface area contributed by atoms with Crippen LogP contribution in [0.25, 0.3) is 0 Å². The van der Waals surface area contributed by atoms with Crippen molar-refractivity contribution in [1.29, 1.82) is 0 Å². The van der Waals surface area contributed by atoms with Crippen LogP contribution < -0.4 is 14.8 Å². The molecule has 1 N–H and O–H groups in total. The van der Waals surface area contributed by atoms with Gasteiger partial charge in [-0.1, -0.05) is 36.4 Å². The van der Waals surface area contributed by atoms with Crippen molar-refractivity contribution in [3.8, 4) is 11.5 Å². The molecule has 110 valence electrons. The molecule has 0 saturated heterocycles. The smallest absolute Gasteiger partial charge is 0.231 e. The topological polar surface area (TPSA) is 30.5 Å². The van der Waals surface area contributed by atoms with Crippen molar-refractivity contribution in [2.75, 3.05) is 6.79 Å². The molecule has 2 aromatic carbocycles. The predicted molar refractivity (Wildman–Crippen MR) is 84.2 cm³/mol. The molecule has 1 saturated carbocycles. The summed E-state index contributed by atoms with van der Waals surface area (Å²) in [7, 11) is 0. The average molecular weight is 304 g/mol. The van der Waals surface area contributed by atoms with Crippen LogP contribution in [0.15, 0.2) is 48.5 Å². The molecule has 2 aromatic rings. The fourth-order valence-electron chi connectivity index (χ4n) is 2.79. The summed E-state index contributed by atoms with van der Waals surface area (Å²) in [5.74, 6) is 2.38. The molecular formula is C17H18ClNO2. The molecule has 4 rings (SSSR count). The average Bonchev–Trinajstić information content (AvgIpc) is 3.13. The van der Waals surface area contributed by atoms with Gasteiger partial charge < -0.3 is 14.8 Å². The fourth-order valence-corrected chi connectivity index (χ4v) is 2.79. The van der Waals surface area contributed by atoms with E-state index >= 15 is 0 Å². The molecule has 1 aliphatic heterocycles. The normalized spacial score (nSPS) is 21.7. The third kappa shape index (κ3) is 2.99. The van der Waals surface area contributed by atoms with Gasteiger partial charge in [-0.25, -0.2) is 0 Å². The first kappa shape index (κ1) is 14.2. The summed E-state index contributed by atoms with van der Waals surface area (Å²) in [6.07, 6.45) is 1.23. The lowest BCUT2D eigenvalue weighted by molar-refractivity contribution is 0.174. The maximum Gasteiger partial charge on any atom is 0.231 e. The van der Waals surface area contributed by atoms with Gasteiger partial charge in [0, 0.05) is 18.5 Å². The molecule has 1 heterocycles. The first-order valence-electron chi connectivity index (χ1n) is 7.07. The van der Waals surface area contributed by atoms with Gasteiger partial charge in [-0.05, 0) is 29.7 Å². The van der Waals surface area contributed by atoms with Crippen molar-refractivity contribution in [3.05, 3.63) is 59.7 Å². The second-order valence-corrected chi connectivity index (χ2v) is 5.43. The zero-order chi connectivity index (χ0) is 13.4. The summed E-state index contributed by atoms with van der Waals surface area (Å²) >= 11 is 0. The molecule has 1 fully saturated rings. The standard InChI is InChI=1S/C17H17NO2.ClH/c1-2-4-13(5-3-1)14-9-15(14)18-10-12-6-7-16-17(8-12)20-11-19-16;/h1-8,14-15,18H,9-11H2;1H/t14-,15+;/m0./s1. The third-order valence-electron chi connectivity index (χ3n) is 4.02. The van der Waals surface area contributed by atoms with Gasteiger partial charge in [0.25, 0.3) is 0 Å². The number of nitrogens with one attached hydrogen (secondary N) is 1. The van der Waals surface area contributed by atoms with Crippen LogP contribution in [-0.4, -0.2) is 12.8 Å². The monoisotopic (exact) mass is 303 g/mol. The highest BCUT2D eigenvalue weighted by Gasteiger charge is 2.37. The Hall–Kier alpha value is -1.71. The minimum atomic E-state index is 0. The third-order valence-corrected chi connectivity index (χ3v) is 4.02. The van der Waals surface area contributed by atoms with E-state index in [-0.39, 0.29) is 12.4 Å². The van der Waals surface area contributed by atoms with E-state index in [2.05, 4.69) is 47.8 Å². The van der Waals surface area contributed by atoms with E-state index in [4.69, 9.17) is 9.47 Å². The highest BCUT2D eigenvalue weighted by atomic mass is 35.5. The van der Waals surface area contributed by atoms with E-state index in [0.717, 1.165) is 18.0 Å². The van der Waals surface area contributed by atoms with Gasteiger partial charge in [0.1, 0.15) is 0 Å². The Kier molecular flexibility index (Phi) is 4.04. The van der Waals surface area contributed by atoms with Crippen LogP contribution in [0.2, 0.25) is 0 Å². The largest absolute Gasteiger partial charge is 0.454 e. The first-order valence-corrected chi connectivity index (χ1v) is 7.07. The van der Waals surface area contributed by atoms with Crippen molar-refractivity contribution in [2.24, 2.45) is 0 Å². The molecule has 4 heteroatoms. The summed E-state index contributed by atoms with van der Waals surface area (Å²) in [5.41, 5.74) is 2.68. The van der Waals surface area contributed by atoms with E-state index in [1.807, 2.05) is 6.07 Å². The predicted octanol–water partition coefficient (Wildman–Crippen LogP) is 3.48. The van der Waals surface area contributed by atoms with Crippen LogP contribution in [-0.2, 0) is 6.54 Å². The van der Waals surface area contributed by atoms with Crippen molar-refractivity contribution in [1.82, 2.24) is 5.32 Å². The fraction of sp³-hybridized carbons (Fsp3) is 0.294. The van der Waals surface area contributed by atoms with Crippen LogP contribution >= 0.6 is 12.4 Å². The number of hydrogen-bond donors (Lipinski definition) is 1. The Morgan fingerprint density at radius 1 is 1.00 bits per heavy atom. The highest BCUT2D eigenvalue weighted by Crippen LogP contribution is 2.41. The number of fused-ring (bicyclic) bond motifs is 1. The van der Waals surface area contributed by atoms with Gasteiger partial charge >= 0.3 is 0 Å². The lowest BCUT2D eigenvalue weighted by Crippen LogP contribution is -2.17. The molecule has 0 radical (unpaired) electrons. The summed E-state index contributed by atoms with van der Waals surface area (Å²) in [4.78, 5) is 0. The Labute approximate surface area is 130 Å². The number of rotatable bonds is 4. The summed E-state index contributed by atoms with van der Waals surface area (Å²) in [6.45, 7) is 1.22. The van der Waals surface area contributed by atoms with E-state index in [0.29, 0.717) is 18.8 Å². The zero-order valence-corrected chi connectivity index (χ0v) is 12.4. The van der Waals surface area contributed by atoms with Crippen molar-refractivity contribution in [2.45, 2.75) is 24.9 Å². The maximum atomic E-state index is 5.40. The molecule has 0 aromatic heterocycles. The molecule has 2 aliphatic rings. The molecule has 0 unspecified atom stereocenters. The van der Waals surface area contributed by atoms with Gasteiger partial charge in [-0.2, -0.15) is 0 Å². The minimum Gasteiger partial charge on any atom is -0.454 e. The van der Waals surface area contributed by atoms with Crippen LogP contribution in [0.1, 0.15) is 23.5 Å². The minimum absolute atomic E-state index is 0. The Morgan fingerprint density at radius 2 is 1.81 bits per heavy atom. The number of hydrogen-bond acceptors (Lipinski definition) is 3. The highest BCUT2D eigenvalue weighted by molar-refractivity contribution is 5.85. The second-order valence-electron chi connectivity index (χ2n) is 5.43. The van der Waals surface area contributed by atoms with Crippen LogP contribution in [0.4, 0.5) is 0 Å². The SMILES string of the molecule is Cl.c1ccc([C@@H]2C[C@H]2NCc2ccc3c(c2)OCO3)cc1. The molecule has 2 atom stereocenters. The van der Waals surface area contributed by atoms with Crippen molar-refractivity contribution in [3.63, 3.8) is 0 Å². The number of halogens is 1. The van der Waals surface area contributed by atoms with E-state index in [1.165, 1.54) is 17.5 Å². The number of ether oxygens (including phenoxy) is 2. The van der Waals surface area contributed by atoms with Gasteiger partial charge in [0.15, 0.2) is 11.5 Å². The van der Waals surface area contributed by atoms with Crippen molar-refractivity contribution >= 4 is 12.4 Å². The second kappa shape index (κ2) is 5.96. The summed E-state index contributed by atoms with van der Waals surface area (Å²) < 4.78 is 10.7. The van der Waals surface area contributed by atoms with Gasteiger partial charge in [0.05, 0.1) is 0 Å². The van der Waals surface area contributed by atoms with Crippen molar-refractivity contribution < 1.29 is 9.47 Å². The van der Waals surface area contributed by atoms with Crippen LogP contribution in [0, 0.1) is 0 Å². The Balaban J connectivity index is 0.00000132. The van der Waals surface area contributed by atoms with E-state index < -0.39 is 0 Å². The molecule has 3 nitrogen and oxygen atoms in total. The molecule has 21 heavy (non-hydrogen) atoms. The summed E-state index contributed by atoms with van der Waals surface area (Å²) in [5, 5.41) is 3.62. The molecule has 0 amide bonds. The molecular weight excluding hydrogens is 286 g/mol. The molecule has 0 spiro atoms. The van der Waals surface area contributed by atoms with Gasteiger partial charge in [-0.15, -0.1) is 12.4 Å². The lowest BCUT2D eigenvalue weighted by Gasteiger charge is -2.06. The first-order chi connectivity index (χ1) is 9.90. The lowest BCUT2D eigenvalue weighted by atomic mass is 10.1. The van der Waals surface area contributed by atoms with Gasteiger partial charge in [-0.3, -0.25) is 0 Å². The molecule has 1 aliphatic carbocycles. The maximum absolute atomic E-state index is 5.40. The van der Waals surface area contributed by atoms with Gasteiger partial charge in [0.2, 0.25) is 6.79 Å². The van der Waals surface area contributed by atoms with E-state index in [9.17, 15) is 0 Å². The number of benzene rings is 2. The quantitative estimate of drug-likeness (QED) is 0.938. The Bertz CT molecular complexity index is 617. The van der Waals surface area contributed by atoms with Crippen LogP contribution in [0.5, 0.6) is 11.5 Å². The summed E-state index contributed by atoms with van der Waals surface area (Å²) in [6, 6.07) is 17.5. The molecule has 0 bridgehead atoms. The van der Waals surface area contributed by atoms with E-state index in [1.54, 1.807) is 0 Å². The Morgan fingerprint density at radius 3 is 2.67 bits per heavy atom. The zero-order valence-electron chi connectivity index (χ0n) is 11.6. The van der Waals surface area contributed by atoms with Crippen LogP contribution in [0.3, 0.4) is 0 Å².